The monoisotopic (exact) mass is 330 g/mol. The Labute approximate surface area is 144 Å². The Morgan fingerprint density at radius 1 is 1.08 bits per heavy atom. The second-order valence-corrected chi connectivity index (χ2v) is 5.90. The molecule has 1 atom stereocenters. The molecule has 0 bridgehead atoms. The minimum atomic E-state index is -1.66. The van der Waals surface area contributed by atoms with Crippen molar-refractivity contribution in [2.75, 3.05) is 7.11 Å². The quantitative estimate of drug-likeness (QED) is 0.920. The second kappa shape index (κ2) is 4.87. The number of aliphatic imine (C=N–C) groups is 3. The number of guanidine groups is 1. The number of methoxy groups -OCH3 is 1. The predicted octanol–water partition coefficient (Wildman–Crippen LogP) is 2.68. The Balaban J connectivity index is 1.80. The molecule has 3 heterocycles. The Morgan fingerprint density at radius 2 is 1.88 bits per heavy atom. The molecule has 25 heavy (non-hydrogen) atoms. The average Bonchev–Trinajstić information content (AvgIpc) is 2.96. The second-order valence-electron chi connectivity index (χ2n) is 5.90. The highest BCUT2D eigenvalue weighted by Crippen LogP contribution is 2.45. The van der Waals surface area contributed by atoms with Gasteiger partial charge in [0.2, 0.25) is 11.7 Å². The van der Waals surface area contributed by atoms with Crippen molar-refractivity contribution < 1.29 is 9.84 Å². The topological polar surface area (TPSA) is 69.8 Å². The van der Waals surface area contributed by atoms with Gasteiger partial charge >= 0.3 is 0 Å². The number of aliphatic hydroxyl groups is 1. The molecule has 122 valence electrons. The standard InChI is InChI=1S/C19H14N4O2/c1-25-16-9-5-3-7-13(16)19(24)17-21-14-8-4-2-6-12(14)15-10-11-20-18(22-19)23(15)17/h2-11,24H,1H3. The third-order valence-electron chi connectivity index (χ3n) is 4.54. The molecule has 0 fully saturated rings. The summed E-state index contributed by atoms with van der Waals surface area (Å²) in [6.07, 6.45) is 3.60. The Kier molecular flexibility index (Phi) is 2.75. The van der Waals surface area contributed by atoms with E-state index < -0.39 is 5.72 Å². The van der Waals surface area contributed by atoms with E-state index in [2.05, 4.69) is 9.98 Å². The summed E-state index contributed by atoms with van der Waals surface area (Å²) in [6.45, 7) is 0. The molecule has 0 spiro atoms. The minimum Gasteiger partial charge on any atom is -0.496 e. The molecule has 3 aliphatic rings. The number of fused-ring (bicyclic) bond motifs is 2. The molecule has 1 N–H and O–H groups in total. The molecule has 0 aliphatic carbocycles. The smallest absolute Gasteiger partial charge is 0.249 e. The zero-order valence-electron chi connectivity index (χ0n) is 13.4. The fourth-order valence-electron chi connectivity index (χ4n) is 3.41. The van der Waals surface area contributed by atoms with Crippen molar-refractivity contribution in [1.82, 2.24) is 4.90 Å². The molecular weight excluding hydrogens is 316 g/mol. The summed E-state index contributed by atoms with van der Waals surface area (Å²) in [5.41, 5.74) is 1.55. The van der Waals surface area contributed by atoms with E-state index in [1.807, 2.05) is 42.5 Å². The first-order chi connectivity index (χ1) is 12.2. The number of ether oxygens (including phenoxy) is 1. The SMILES string of the molecule is COc1ccccc1C1(O)N=C2N=CC=C3c4ccccc4N=C1N32. The molecule has 0 radical (unpaired) electrons. The van der Waals surface area contributed by atoms with Crippen LogP contribution < -0.4 is 4.74 Å². The molecule has 1 unspecified atom stereocenters. The Hall–Kier alpha value is -3.25. The predicted molar refractivity (Wildman–Crippen MR) is 96.2 cm³/mol. The number of hydrogen-bond acceptors (Lipinski definition) is 6. The van der Waals surface area contributed by atoms with Crippen LogP contribution in [-0.2, 0) is 5.72 Å². The van der Waals surface area contributed by atoms with Gasteiger partial charge in [-0.05, 0) is 24.3 Å². The summed E-state index contributed by atoms with van der Waals surface area (Å²) in [5, 5.41) is 11.5. The van der Waals surface area contributed by atoms with Crippen molar-refractivity contribution in [3.8, 4) is 5.75 Å². The molecular formula is C19H14N4O2. The van der Waals surface area contributed by atoms with Crippen LogP contribution in [0.3, 0.4) is 0 Å². The summed E-state index contributed by atoms with van der Waals surface area (Å²) >= 11 is 0. The van der Waals surface area contributed by atoms with Gasteiger partial charge in [-0.15, -0.1) is 0 Å². The summed E-state index contributed by atoms with van der Waals surface area (Å²) in [4.78, 5) is 15.3. The van der Waals surface area contributed by atoms with Crippen molar-refractivity contribution in [1.29, 1.82) is 0 Å². The molecule has 0 saturated carbocycles. The summed E-state index contributed by atoms with van der Waals surface area (Å²) in [6, 6.07) is 15.1. The zero-order valence-corrected chi connectivity index (χ0v) is 13.4. The van der Waals surface area contributed by atoms with E-state index in [1.54, 1.807) is 30.4 Å². The number of amidine groups is 1. The van der Waals surface area contributed by atoms with E-state index in [4.69, 9.17) is 9.73 Å². The highest BCUT2D eigenvalue weighted by molar-refractivity contribution is 6.22. The molecule has 6 nitrogen and oxygen atoms in total. The van der Waals surface area contributed by atoms with E-state index in [1.165, 1.54) is 0 Å². The van der Waals surface area contributed by atoms with Crippen LogP contribution in [0.1, 0.15) is 11.1 Å². The minimum absolute atomic E-state index is 0.411. The molecule has 2 aromatic carbocycles. The van der Waals surface area contributed by atoms with Crippen LogP contribution in [0.4, 0.5) is 5.69 Å². The van der Waals surface area contributed by atoms with Crippen LogP contribution in [0.25, 0.3) is 5.70 Å². The highest BCUT2D eigenvalue weighted by Gasteiger charge is 2.51. The summed E-state index contributed by atoms with van der Waals surface area (Å²) in [5.74, 6) is 1.37. The van der Waals surface area contributed by atoms with Gasteiger partial charge in [0.25, 0.3) is 0 Å². The number of hydrogen-bond donors (Lipinski definition) is 1. The van der Waals surface area contributed by atoms with Gasteiger partial charge in [0.1, 0.15) is 5.75 Å². The molecule has 0 aromatic heterocycles. The largest absolute Gasteiger partial charge is 0.496 e. The van der Waals surface area contributed by atoms with Crippen molar-refractivity contribution in [2.45, 2.75) is 5.72 Å². The van der Waals surface area contributed by atoms with Crippen LogP contribution in [-0.4, -0.2) is 35.1 Å². The number of para-hydroxylation sites is 2. The molecule has 0 amide bonds. The van der Waals surface area contributed by atoms with Gasteiger partial charge in [-0.1, -0.05) is 30.3 Å². The van der Waals surface area contributed by atoms with E-state index in [-0.39, 0.29) is 0 Å². The maximum atomic E-state index is 11.5. The molecule has 2 aromatic rings. The molecule has 0 saturated heterocycles. The van der Waals surface area contributed by atoms with Gasteiger partial charge in [-0.3, -0.25) is 4.90 Å². The maximum Gasteiger partial charge on any atom is 0.249 e. The van der Waals surface area contributed by atoms with Gasteiger partial charge in [0.15, 0.2) is 5.84 Å². The van der Waals surface area contributed by atoms with Crippen LogP contribution >= 0.6 is 0 Å². The van der Waals surface area contributed by atoms with Crippen molar-refractivity contribution in [3.63, 3.8) is 0 Å². The van der Waals surface area contributed by atoms with E-state index in [0.717, 1.165) is 16.9 Å². The van der Waals surface area contributed by atoms with E-state index in [9.17, 15) is 5.11 Å². The van der Waals surface area contributed by atoms with Crippen molar-refractivity contribution >= 4 is 29.4 Å². The third-order valence-corrected chi connectivity index (χ3v) is 4.54. The van der Waals surface area contributed by atoms with Gasteiger partial charge < -0.3 is 9.84 Å². The van der Waals surface area contributed by atoms with E-state index >= 15 is 0 Å². The van der Waals surface area contributed by atoms with Crippen LogP contribution in [0.2, 0.25) is 0 Å². The summed E-state index contributed by atoms with van der Waals surface area (Å²) in [7, 11) is 1.57. The third kappa shape index (κ3) is 1.79. The lowest BCUT2D eigenvalue weighted by Gasteiger charge is -2.32. The molecule has 3 aliphatic heterocycles. The molecule has 5 rings (SSSR count). The van der Waals surface area contributed by atoms with Gasteiger partial charge in [0.05, 0.1) is 24.1 Å². The zero-order chi connectivity index (χ0) is 17.0. The first-order valence-corrected chi connectivity index (χ1v) is 7.91. The van der Waals surface area contributed by atoms with Crippen LogP contribution in [0.15, 0.2) is 69.6 Å². The number of benzene rings is 2. The fourth-order valence-corrected chi connectivity index (χ4v) is 3.41. The number of rotatable bonds is 2. The van der Waals surface area contributed by atoms with Crippen LogP contribution in [0.5, 0.6) is 5.75 Å². The molecule has 6 heteroatoms. The lowest BCUT2D eigenvalue weighted by Crippen LogP contribution is -2.42. The maximum absolute atomic E-state index is 11.5. The number of nitrogens with zero attached hydrogens (tertiary/aromatic N) is 4. The Bertz CT molecular complexity index is 1020. The Morgan fingerprint density at radius 3 is 2.76 bits per heavy atom. The van der Waals surface area contributed by atoms with Gasteiger partial charge in [-0.25, -0.2) is 15.0 Å². The number of allylic oxidation sites excluding steroid dienone is 1. The lowest BCUT2D eigenvalue weighted by atomic mass is 9.98. The van der Waals surface area contributed by atoms with Crippen LogP contribution in [0, 0.1) is 0 Å². The van der Waals surface area contributed by atoms with Gasteiger partial charge in [-0.2, -0.15) is 0 Å². The van der Waals surface area contributed by atoms with E-state index in [0.29, 0.717) is 23.1 Å². The fraction of sp³-hybridized carbons (Fsp3) is 0.105. The first-order valence-electron chi connectivity index (χ1n) is 7.91. The highest BCUT2D eigenvalue weighted by atomic mass is 16.5. The average molecular weight is 330 g/mol. The normalized spacial score (nSPS) is 22.6. The van der Waals surface area contributed by atoms with Crippen molar-refractivity contribution in [3.05, 3.63) is 65.7 Å². The van der Waals surface area contributed by atoms with Gasteiger partial charge in [0, 0.05) is 11.8 Å². The summed E-state index contributed by atoms with van der Waals surface area (Å²) < 4.78 is 5.43. The lowest BCUT2D eigenvalue weighted by molar-refractivity contribution is 0.118. The first kappa shape index (κ1) is 14.1. The van der Waals surface area contributed by atoms with Crippen molar-refractivity contribution in [2.24, 2.45) is 15.0 Å².